The van der Waals surface area contributed by atoms with Gasteiger partial charge in [-0.25, -0.2) is 0 Å². The number of hydrogen-bond acceptors (Lipinski definition) is 5. The van der Waals surface area contributed by atoms with E-state index < -0.39 is 10.3 Å². The predicted molar refractivity (Wildman–Crippen MR) is 64.8 cm³/mol. The normalized spacial score (nSPS) is 9.59. The van der Waals surface area contributed by atoms with Crippen molar-refractivity contribution < 1.29 is 22.6 Å². The van der Waals surface area contributed by atoms with Crippen LogP contribution in [-0.4, -0.2) is 35.1 Å². The van der Waals surface area contributed by atoms with Gasteiger partial charge in [0.1, 0.15) is 0 Å². The lowest BCUT2D eigenvalue weighted by molar-refractivity contribution is 0.324. The maximum atomic E-state index is 10.5. The molecule has 0 aliphatic heterocycles. The van der Waals surface area contributed by atoms with Crippen LogP contribution in [0.4, 0.5) is 0 Å². The molecule has 0 aromatic heterocycles. The topological polar surface area (TPSA) is 61.8 Å². The molecule has 0 aliphatic rings. The Morgan fingerprint density at radius 2 is 1.59 bits per heavy atom. The molecule has 1 rings (SSSR count). The van der Waals surface area contributed by atoms with Crippen molar-refractivity contribution in [3.63, 3.8) is 0 Å². The van der Waals surface area contributed by atoms with Gasteiger partial charge >= 0.3 is 0 Å². The maximum absolute atomic E-state index is 10.5. The van der Waals surface area contributed by atoms with Crippen LogP contribution < -0.4 is 14.2 Å². The molecule has 6 heteroatoms. The molecule has 0 aliphatic carbocycles. The van der Waals surface area contributed by atoms with E-state index in [-0.39, 0.29) is 6.42 Å². The third kappa shape index (κ3) is 3.39. The molecular formula is C11H14O5S. The molecule has 0 saturated heterocycles. The zero-order valence-corrected chi connectivity index (χ0v) is 10.7. The van der Waals surface area contributed by atoms with Gasteiger partial charge in [-0.3, -0.25) is 0 Å². The van der Waals surface area contributed by atoms with Gasteiger partial charge < -0.3 is 14.2 Å². The average Bonchev–Trinajstić information content (AvgIpc) is 2.34. The molecule has 94 valence electrons. The second-order valence-electron chi connectivity index (χ2n) is 3.16. The largest absolute Gasteiger partial charge is 0.493 e. The van der Waals surface area contributed by atoms with Crippen molar-refractivity contribution in [2.24, 2.45) is 0 Å². The fraction of sp³-hybridized carbons (Fsp3) is 0.364. The highest BCUT2D eigenvalue weighted by atomic mass is 32.2. The minimum absolute atomic E-state index is 0.285. The second kappa shape index (κ2) is 6.15. The Balaban J connectivity index is 3.22. The summed E-state index contributed by atoms with van der Waals surface area (Å²) in [7, 11) is 2.36. The molecular weight excluding hydrogens is 244 g/mol. The number of methoxy groups -OCH3 is 3. The molecule has 5 nitrogen and oxygen atoms in total. The van der Waals surface area contributed by atoms with Crippen LogP contribution in [0.1, 0.15) is 5.56 Å². The minimum Gasteiger partial charge on any atom is -0.493 e. The molecule has 0 heterocycles. The van der Waals surface area contributed by atoms with Gasteiger partial charge in [0.2, 0.25) is 16.0 Å². The first-order valence-corrected chi connectivity index (χ1v) is 5.96. The Morgan fingerprint density at radius 1 is 1.06 bits per heavy atom. The molecule has 0 unspecified atom stereocenters. The second-order valence-corrected chi connectivity index (χ2v) is 4.02. The Labute approximate surface area is 101 Å². The zero-order valence-electron chi connectivity index (χ0n) is 9.89. The highest BCUT2D eigenvalue weighted by Crippen LogP contribution is 2.38. The molecule has 0 radical (unpaired) electrons. The molecule has 0 spiro atoms. The van der Waals surface area contributed by atoms with Gasteiger partial charge in [0.15, 0.2) is 11.5 Å². The zero-order chi connectivity index (χ0) is 12.8. The number of hydrogen-bond donors (Lipinski definition) is 0. The van der Waals surface area contributed by atoms with E-state index in [0.717, 1.165) is 5.56 Å². The first kappa shape index (κ1) is 13.4. The molecule has 17 heavy (non-hydrogen) atoms. The van der Waals surface area contributed by atoms with Crippen molar-refractivity contribution in [2.75, 3.05) is 21.3 Å². The highest BCUT2D eigenvalue weighted by molar-refractivity contribution is 7.71. The molecule has 0 saturated carbocycles. The van der Waals surface area contributed by atoms with Crippen LogP contribution in [0.3, 0.4) is 0 Å². The lowest BCUT2D eigenvalue weighted by atomic mass is 10.1. The van der Waals surface area contributed by atoms with Crippen LogP contribution in [0, 0.1) is 0 Å². The monoisotopic (exact) mass is 258 g/mol. The third-order valence-corrected chi connectivity index (χ3v) is 2.62. The summed E-state index contributed by atoms with van der Waals surface area (Å²) in [5, 5.41) is 1.17. The van der Waals surface area contributed by atoms with E-state index in [1.54, 1.807) is 12.1 Å². The van der Waals surface area contributed by atoms with Crippen LogP contribution in [0.5, 0.6) is 17.2 Å². The summed E-state index contributed by atoms with van der Waals surface area (Å²) < 4.78 is 36.4. The third-order valence-electron chi connectivity index (χ3n) is 2.18. The molecule has 0 N–H and O–H groups in total. The number of benzene rings is 1. The molecule has 1 aromatic carbocycles. The molecule has 1 aromatic rings. The van der Waals surface area contributed by atoms with Crippen molar-refractivity contribution in [2.45, 2.75) is 6.42 Å². The summed E-state index contributed by atoms with van der Waals surface area (Å²) in [4.78, 5) is 0. The predicted octanol–water partition coefficient (Wildman–Crippen LogP) is 0.936. The smallest absolute Gasteiger partial charge is 0.210 e. The Hall–Kier alpha value is -1.69. The Kier molecular flexibility index (Phi) is 4.84. The van der Waals surface area contributed by atoms with E-state index in [2.05, 4.69) is 0 Å². The standard InChI is InChI=1S/C11H14O5S/c1-14-9-6-8(4-5-17(12)13)7-10(15-2)11(9)16-3/h5-7H,4H2,1-3H3. The summed E-state index contributed by atoms with van der Waals surface area (Å²) in [6.07, 6.45) is 0.285. The van der Waals surface area contributed by atoms with Crippen LogP contribution >= 0.6 is 0 Å². The fourth-order valence-electron chi connectivity index (χ4n) is 1.42. The van der Waals surface area contributed by atoms with Crippen LogP contribution in [-0.2, 0) is 16.7 Å². The first-order chi connectivity index (χ1) is 8.12. The van der Waals surface area contributed by atoms with E-state index in [4.69, 9.17) is 14.2 Å². The molecule has 0 atom stereocenters. The molecule has 0 bridgehead atoms. The fourth-order valence-corrected chi connectivity index (χ4v) is 1.75. The van der Waals surface area contributed by atoms with Crippen LogP contribution in [0.15, 0.2) is 12.1 Å². The van der Waals surface area contributed by atoms with Gasteiger partial charge in [-0.1, -0.05) is 0 Å². The first-order valence-electron chi connectivity index (χ1n) is 4.82. The van der Waals surface area contributed by atoms with E-state index >= 15 is 0 Å². The molecule has 0 fully saturated rings. The van der Waals surface area contributed by atoms with Gasteiger partial charge in [0.25, 0.3) is 0 Å². The van der Waals surface area contributed by atoms with Gasteiger partial charge in [0.05, 0.1) is 21.3 Å². The van der Waals surface area contributed by atoms with Crippen molar-refractivity contribution in [3.05, 3.63) is 17.7 Å². The number of rotatable bonds is 5. The van der Waals surface area contributed by atoms with E-state index in [0.29, 0.717) is 17.2 Å². The quantitative estimate of drug-likeness (QED) is 0.735. The van der Waals surface area contributed by atoms with Gasteiger partial charge in [-0.2, -0.15) is 8.42 Å². The van der Waals surface area contributed by atoms with Gasteiger partial charge in [-0.05, 0) is 17.7 Å². The summed E-state index contributed by atoms with van der Waals surface area (Å²) in [6, 6.07) is 3.43. The Bertz CT molecular complexity index is 486. The highest BCUT2D eigenvalue weighted by Gasteiger charge is 2.12. The minimum atomic E-state index is -2.18. The summed E-state index contributed by atoms with van der Waals surface area (Å²) in [5.41, 5.74) is 0.767. The average molecular weight is 258 g/mol. The van der Waals surface area contributed by atoms with Crippen molar-refractivity contribution >= 4 is 15.7 Å². The Morgan fingerprint density at radius 3 is 1.94 bits per heavy atom. The van der Waals surface area contributed by atoms with E-state index in [1.165, 1.54) is 26.7 Å². The van der Waals surface area contributed by atoms with Crippen LogP contribution in [0.2, 0.25) is 0 Å². The SMILES string of the molecule is COc1cc(CC=S(=O)=O)cc(OC)c1OC. The molecule has 0 amide bonds. The van der Waals surface area contributed by atoms with Crippen molar-refractivity contribution in [1.82, 2.24) is 0 Å². The van der Waals surface area contributed by atoms with Crippen LogP contribution in [0.25, 0.3) is 0 Å². The van der Waals surface area contributed by atoms with E-state index in [9.17, 15) is 8.42 Å². The summed E-state index contributed by atoms with van der Waals surface area (Å²) in [6.45, 7) is 0. The van der Waals surface area contributed by atoms with Gasteiger partial charge in [0, 0.05) is 11.8 Å². The van der Waals surface area contributed by atoms with Crippen molar-refractivity contribution in [3.8, 4) is 17.2 Å². The summed E-state index contributed by atoms with van der Waals surface area (Å²) in [5.74, 6) is 1.50. The maximum Gasteiger partial charge on any atom is 0.210 e. The number of ether oxygens (including phenoxy) is 3. The summed E-state index contributed by atoms with van der Waals surface area (Å²) >= 11 is 0. The lowest BCUT2D eigenvalue weighted by Crippen LogP contribution is -1.97. The van der Waals surface area contributed by atoms with Gasteiger partial charge in [-0.15, -0.1) is 0 Å². The van der Waals surface area contributed by atoms with E-state index in [1.807, 2.05) is 0 Å². The lowest BCUT2D eigenvalue weighted by Gasteiger charge is -2.13. The van der Waals surface area contributed by atoms with Crippen molar-refractivity contribution in [1.29, 1.82) is 0 Å².